The third-order valence-corrected chi connectivity index (χ3v) is 3.81. The first-order chi connectivity index (χ1) is 8.69. The molecule has 4 heteroatoms. The normalized spacial score (nSPS) is 10.4. The molecule has 0 radical (unpaired) electrons. The van der Waals surface area contributed by atoms with Gasteiger partial charge in [0.15, 0.2) is 0 Å². The Bertz CT molecular complexity index is 528. The number of benzene rings is 2. The van der Waals surface area contributed by atoms with Crippen LogP contribution in [-0.2, 0) is 6.54 Å². The van der Waals surface area contributed by atoms with Crippen LogP contribution in [0.3, 0.4) is 0 Å². The van der Waals surface area contributed by atoms with Crippen LogP contribution >= 0.6 is 27.7 Å². The fourth-order valence-electron chi connectivity index (χ4n) is 1.57. The Labute approximate surface area is 119 Å². The number of hydrogen-bond donors (Lipinski definition) is 1. The van der Waals surface area contributed by atoms with Crippen molar-refractivity contribution in [2.75, 3.05) is 11.6 Å². The van der Waals surface area contributed by atoms with Crippen molar-refractivity contribution in [3.63, 3.8) is 0 Å². The highest BCUT2D eigenvalue weighted by Crippen LogP contribution is 2.21. The minimum Gasteiger partial charge on any atom is -0.379 e. The van der Waals surface area contributed by atoms with Crippen molar-refractivity contribution in [1.29, 1.82) is 0 Å². The van der Waals surface area contributed by atoms with Crippen molar-refractivity contribution in [3.8, 4) is 0 Å². The molecule has 0 saturated heterocycles. The van der Waals surface area contributed by atoms with Gasteiger partial charge in [-0.2, -0.15) is 0 Å². The highest BCUT2D eigenvalue weighted by Gasteiger charge is 2.02. The van der Waals surface area contributed by atoms with Crippen molar-refractivity contribution >= 4 is 33.4 Å². The van der Waals surface area contributed by atoms with E-state index < -0.39 is 0 Å². The molecule has 0 bridgehead atoms. The zero-order chi connectivity index (χ0) is 13.0. The molecule has 0 aliphatic rings. The minimum absolute atomic E-state index is 0.237. The highest BCUT2D eigenvalue weighted by atomic mass is 79.9. The summed E-state index contributed by atoms with van der Waals surface area (Å²) in [5.41, 5.74) is 1.64. The molecule has 0 heterocycles. The van der Waals surface area contributed by atoms with E-state index >= 15 is 0 Å². The average Bonchev–Trinajstić information content (AvgIpc) is 2.40. The summed E-state index contributed by atoms with van der Waals surface area (Å²) in [6.45, 7) is 0.613. The molecular formula is C14H13BrFNS. The lowest BCUT2D eigenvalue weighted by molar-refractivity contribution is 0.630. The Kier molecular flexibility index (Phi) is 4.66. The zero-order valence-electron chi connectivity index (χ0n) is 9.91. The fraction of sp³-hybridized carbons (Fsp3) is 0.143. The molecule has 0 saturated carbocycles. The molecule has 0 atom stereocenters. The first kappa shape index (κ1) is 13.4. The van der Waals surface area contributed by atoms with E-state index in [9.17, 15) is 4.39 Å². The molecule has 2 aromatic rings. The van der Waals surface area contributed by atoms with Crippen molar-refractivity contribution in [1.82, 2.24) is 0 Å². The summed E-state index contributed by atoms with van der Waals surface area (Å²) in [6, 6.07) is 13.1. The molecule has 0 aliphatic carbocycles. The third-order valence-electron chi connectivity index (χ3n) is 2.57. The van der Waals surface area contributed by atoms with Crippen LogP contribution in [0.4, 0.5) is 10.1 Å². The quantitative estimate of drug-likeness (QED) is 0.800. The monoisotopic (exact) mass is 325 g/mol. The Morgan fingerprint density at radius 3 is 2.56 bits per heavy atom. The zero-order valence-corrected chi connectivity index (χ0v) is 12.3. The summed E-state index contributed by atoms with van der Waals surface area (Å²) in [4.78, 5) is 1.23. The van der Waals surface area contributed by atoms with Gasteiger partial charge in [0.1, 0.15) is 5.82 Å². The van der Waals surface area contributed by atoms with E-state index in [1.807, 2.05) is 6.26 Å². The smallest absolute Gasteiger partial charge is 0.146 e. The van der Waals surface area contributed by atoms with E-state index in [4.69, 9.17) is 0 Å². The van der Waals surface area contributed by atoms with E-state index in [0.29, 0.717) is 12.2 Å². The van der Waals surface area contributed by atoms with Crippen molar-refractivity contribution in [2.24, 2.45) is 0 Å². The Morgan fingerprint density at radius 1 is 1.17 bits per heavy atom. The lowest BCUT2D eigenvalue weighted by Gasteiger charge is -2.08. The van der Waals surface area contributed by atoms with Gasteiger partial charge in [0.25, 0.3) is 0 Å². The molecule has 0 spiro atoms. The number of rotatable bonds is 4. The van der Waals surface area contributed by atoms with Gasteiger partial charge in [-0.15, -0.1) is 11.8 Å². The Morgan fingerprint density at radius 2 is 1.89 bits per heavy atom. The van der Waals surface area contributed by atoms with E-state index in [0.717, 1.165) is 10.0 Å². The average molecular weight is 326 g/mol. The van der Waals surface area contributed by atoms with Crippen LogP contribution < -0.4 is 5.32 Å². The van der Waals surface area contributed by atoms with Gasteiger partial charge in [0.2, 0.25) is 0 Å². The molecule has 0 unspecified atom stereocenters. The molecule has 0 amide bonds. The molecule has 1 N–H and O–H groups in total. The number of halogens is 2. The molecule has 18 heavy (non-hydrogen) atoms. The molecule has 2 rings (SSSR count). The second-order valence-electron chi connectivity index (χ2n) is 3.83. The first-order valence-electron chi connectivity index (χ1n) is 5.51. The van der Waals surface area contributed by atoms with E-state index in [1.165, 1.54) is 11.0 Å². The number of anilines is 1. The van der Waals surface area contributed by atoms with Gasteiger partial charge in [0, 0.05) is 15.9 Å². The molecule has 2 aromatic carbocycles. The van der Waals surface area contributed by atoms with Gasteiger partial charge < -0.3 is 5.32 Å². The fourth-order valence-corrected chi connectivity index (χ4v) is 2.34. The summed E-state index contributed by atoms with van der Waals surface area (Å²) < 4.78 is 14.4. The van der Waals surface area contributed by atoms with Gasteiger partial charge in [-0.25, -0.2) is 4.39 Å². The Hall–Kier alpha value is -1.00. The van der Waals surface area contributed by atoms with Gasteiger partial charge in [-0.05, 0) is 42.2 Å². The second-order valence-corrected chi connectivity index (χ2v) is 5.62. The SMILES string of the molecule is CSc1ccc(CNc2cc(Br)ccc2F)cc1. The van der Waals surface area contributed by atoms with Gasteiger partial charge in [0.05, 0.1) is 5.69 Å². The third kappa shape index (κ3) is 3.50. The topological polar surface area (TPSA) is 12.0 Å². The molecule has 0 fully saturated rings. The largest absolute Gasteiger partial charge is 0.379 e. The van der Waals surface area contributed by atoms with Crippen LogP contribution in [0.1, 0.15) is 5.56 Å². The van der Waals surface area contributed by atoms with Crippen molar-refractivity contribution in [3.05, 3.63) is 58.3 Å². The van der Waals surface area contributed by atoms with E-state index in [-0.39, 0.29) is 5.82 Å². The van der Waals surface area contributed by atoms with Gasteiger partial charge >= 0.3 is 0 Å². The molecule has 1 nitrogen and oxygen atoms in total. The van der Waals surface area contributed by atoms with E-state index in [1.54, 1.807) is 23.9 Å². The molecule has 0 aromatic heterocycles. The van der Waals surface area contributed by atoms with Gasteiger partial charge in [-0.3, -0.25) is 0 Å². The van der Waals surface area contributed by atoms with Crippen LogP contribution in [0, 0.1) is 5.82 Å². The van der Waals surface area contributed by atoms with E-state index in [2.05, 4.69) is 45.5 Å². The lowest BCUT2D eigenvalue weighted by Crippen LogP contribution is -2.01. The maximum atomic E-state index is 13.5. The lowest BCUT2D eigenvalue weighted by atomic mass is 10.2. The van der Waals surface area contributed by atoms with Crippen LogP contribution in [-0.4, -0.2) is 6.26 Å². The summed E-state index contributed by atoms with van der Waals surface area (Å²) in [5.74, 6) is -0.237. The van der Waals surface area contributed by atoms with Crippen molar-refractivity contribution in [2.45, 2.75) is 11.4 Å². The number of thioether (sulfide) groups is 1. The molecular weight excluding hydrogens is 313 g/mol. The van der Waals surface area contributed by atoms with Crippen molar-refractivity contribution < 1.29 is 4.39 Å². The predicted molar refractivity (Wildman–Crippen MR) is 79.6 cm³/mol. The maximum Gasteiger partial charge on any atom is 0.146 e. The molecule has 0 aliphatic heterocycles. The van der Waals surface area contributed by atoms with Crippen LogP contribution in [0.25, 0.3) is 0 Å². The van der Waals surface area contributed by atoms with Crippen LogP contribution in [0.5, 0.6) is 0 Å². The summed E-state index contributed by atoms with van der Waals surface area (Å²) in [5, 5.41) is 3.10. The standard InChI is InChI=1S/C14H13BrFNS/c1-18-12-5-2-10(3-6-12)9-17-14-8-11(15)4-7-13(14)16/h2-8,17H,9H2,1H3. The van der Waals surface area contributed by atoms with Crippen LogP contribution in [0.15, 0.2) is 51.8 Å². The summed E-state index contributed by atoms with van der Waals surface area (Å²) in [7, 11) is 0. The second kappa shape index (κ2) is 6.25. The summed E-state index contributed by atoms with van der Waals surface area (Å²) >= 11 is 5.04. The minimum atomic E-state index is -0.237. The van der Waals surface area contributed by atoms with Gasteiger partial charge in [-0.1, -0.05) is 28.1 Å². The first-order valence-corrected chi connectivity index (χ1v) is 7.52. The number of hydrogen-bond acceptors (Lipinski definition) is 2. The highest BCUT2D eigenvalue weighted by molar-refractivity contribution is 9.10. The Balaban J connectivity index is 2.04. The molecule has 94 valence electrons. The number of nitrogens with one attached hydrogen (secondary N) is 1. The summed E-state index contributed by atoms with van der Waals surface area (Å²) in [6.07, 6.45) is 2.05. The maximum absolute atomic E-state index is 13.5. The van der Waals surface area contributed by atoms with Crippen LogP contribution in [0.2, 0.25) is 0 Å². The predicted octanol–water partition coefficient (Wildman–Crippen LogP) is 4.92.